The van der Waals surface area contributed by atoms with Gasteiger partial charge >= 0.3 is 6.03 Å². The Bertz CT molecular complexity index is 741. The molecule has 7 heteroatoms. The van der Waals surface area contributed by atoms with Gasteiger partial charge in [-0.15, -0.1) is 0 Å². The molecule has 2 aromatic rings. The fourth-order valence-electron chi connectivity index (χ4n) is 3.03. The normalized spacial score (nSPS) is 17.3. The highest BCUT2D eigenvalue weighted by Crippen LogP contribution is 2.28. The lowest BCUT2D eigenvalue weighted by Gasteiger charge is -2.41. The quantitative estimate of drug-likeness (QED) is 0.910. The third kappa shape index (κ3) is 3.96. The van der Waals surface area contributed by atoms with Crippen molar-refractivity contribution in [2.45, 2.75) is 13.0 Å². The average Bonchev–Trinajstić information content (AvgIpc) is 2.62. The first-order chi connectivity index (χ1) is 12.1. The van der Waals surface area contributed by atoms with E-state index in [-0.39, 0.29) is 12.1 Å². The highest BCUT2D eigenvalue weighted by Gasteiger charge is 2.27. The lowest BCUT2D eigenvalue weighted by atomic mass is 10.1. The van der Waals surface area contributed by atoms with Crippen LogP contribution in [0.2, 0.25) is 5.02 Å². The standard InChI is InChI=1S/C18H21ClN4O2/c1-13-12-22(9-10-23(13)15-5-7-20-8-6-15)18(24)21-16-11-14(19)3-4-17(16)25-2/h3-8,11,13H,9-10,12H2,1-2H3,(H,21,24). The lowest BCUT2D eigenvalue weighted by Crippen LogP contribution is -2.54. The van der Waals surface area contributed by atoms with E-state index < -0.39 is 0 Å². The zero-order valence-electron chi connectivity index (χ0n) is 14.3. The third-order valence-corrected chi connectivity index (χ3v) is 4.55. The van der Waals surface area contributed by atoms with Crippen LogP contribution in [0.4, 0.5) is 16.2 Å². The summed E-state index contributed by atoms with van der Waals surface area (Å²) in [4.78, 5) is 20.8. The van der Waals surface area contributed by atoms with E-state index >= 15 is 0 Å². The molecule has 1 aromatic carbocycles. The van der Waals surface area contributed by atoms with Crippen LogP contribution in [0.3, 0.4) is 0 Å². The number of hydrogen-bond donors (Lipinski definition) is 1. The Morgan fingerprint density at radius 1 is 1.28 bits per heavy atom. The number of nitrogens with zero attached hydrogens (tertiary/aromatic N) is 3. The van der Waals surface area contributed by atoms with Gasteiger partial charge in [-0.25, -0.2) is 4.79 Å². The summed E-state index contributed by atoms with van der Waals surface area (Å²) in [7, 11) is 1.56. The van der Waals surface area contributed by atoms with E-state index in [9.17, 15) is 4.79 Å². The van der Waals surface area contributed by atoms with Crippen molar-refractivity contribution in [2.75, 3.05) is 37.0 Å². The Labute approximate surface area is 152 Å². The molecule has 1 saturated heterocycles. The van der Waals surface area contributed by atoms with Gasteiger partial charge in [-0.1, -0.05) is 11.6 Å². The molecule has 1 N–H and O–H groups in total. The fraction of sp³-hybridized carbons (Fsp3) is 0.333. The Hall–Kier alpha value is -2.47. The number of nitrogens with one attached hydrogen (secondary N) is 1. The Morgan fingerprint density at radius 3 is 2.72 bits per heavy atom. The van der Waals surface area contributed by atoms with Crippen LogP contribution in [0.1, 0.15) is 6.92 Å². The number of aromatic nitrogens is 1. The number of methoxy groups -OCH3 is 1. The fourth-order valence-corrected chi connectivity index (χ4v) is 3.21. The zero-order valence-corrected chi connectivity index (χ0v) is 15.0. The maximum atomic E-state index is 12.6. The SMILES string of the molecule is COc1ccc(Cl)cc1NC(=O)N1CCN(c2ccncc2)C(C)C1. The number of halogens is 1. The van der Waals surface area contributed by atoms with Crippen LogP contribution in [-0.2, 0) is 0 Å². The van der Waals surface area contributed by atoms with E-state index in [1.54, 1.807) is 37.7 Å². The van der Waals surface area contributed by atoms with Crippen molar-refractivity contribution < 1.29 is 9.53 Å². The second-order valence-electron chi connectivity index (χ2n) is 5.97. The topological polar surface area (TPSA) is 57.7 Å². The van der Waals surface area contributed by atoms with Crippen LogP contribution in [0.25, 0.3) is 0 Å². The summed E-state index contributed by atoms with van der Waals surface area (Å²) in [5.74, 6) is 0.584. The van der Waals surface area contributed by atoms with E-state index in [0.717, 1.165) is 12.2 Å². The molecule has 0 spiro atoms. The molecule has 0 radical (unpaired) electrons. The number of anilines is 2. The summed E-state index contributed by atoms with van der Waals surface area (Å²) in [5.41, 5.74) is 1.70. The van der Waals surface area contributed by atoms with Gasteiger partial charge in [0.1, 0.15) is 5.75 Å². The average molecular weight is 361 g/mol. The maximum Gasteiger partial charge on any atom is 0.322 e. The summed E-state index contributed by atoms with van der Waals surface area (Å²) >= 11 is 6.02. The summed E-state index contributed by atoms with van der Waals surface area (Å²) < 4.78 is 5.28. The molecule has 6 nitrogen and oxygen atoms in total. The number of carbonyl (C=O) groups is 1. The smallest absolute Gasteiger partial charge is 0.322 e. The molecule has 2 amide bonds. The van der Waals surface area contributed by atoms with Gasteiger partial charge in [-0.3, -0.25) is 4.98 Å². The van der Waals surface area contributed by atoms with E-state index in [0.29, 0.717) is 29.5 Å². The van der Waals surface area contributed by atoms with Crippen LogP contribution < -0.4 is 15.0 Å². The summed E-state index contributed by atoms with van der Waals surface area (Å²) in [6.07, 6.45) is 3.57. The minimum atomic E-state index is -0.151. The first-order valence-corrected chi connectivity index (χ1v) is 8.52. The molecule has 0 bridgehead atoms. The molecule has 0 saturated carbocycles. The van der Waals surface area contributed by atoms with Gasteiger partial charge in [0.15, 0.2) is 0 Å². The predicted molar refractivity (Wildman–Crippen MR) is 99.6 cm³/mol. The van der Waals surface area contributed by atoms with E-state index in [4.69, 9.17) is 16.3 Å². The van der Waals surface area contributed by atoms with Crippen LogP contribution in [0, 0.1) is 0 Å². The number of amides is 2. The van der Waals surface area contributed by atoms with E-state index in [1.807, 2.05) is 17.0 Å². The summed E-state index contributed by atoms with van der Waals surface area (Å²) in [6.45, 7) is 4.16. The van der Waals surface area contributed by atoms with E-state index in [1.165, 1.54) is 0 Å². The minimum Gasteiger partial charge on any atom is -0.495 e. The number of piperazine rings is 1. The molecule has 1 unspecified atom stereocenters. The number of carbonyl (C=O) groups excluding carboxylic acids is 1. The minimum absolute atomic E-state index is 0.151. The third-order valence-electron chi connectivity index (χ3n) is 4.31. The van der Waals surface area contributed by atoms with Crippen LogP contribution >= 0.6 is 11.6 Å². The number of ether oxygens (including phenoxy) is 1. The van der Waals surface area contributed by atoms with Crippen molar-refractivity contribution in [2.24, 2.45) is 0 Å². The van der Waals surface area contributed by atoms with Crippen LogP contribution in [-0.4, -0.2) is 48.7 Å². The summed E-state index contributed by atoms with van der Waals surface area (Å²) in [5, 5.41) is 3.44. The van der Waals surface area contributed by atoms with E-state index in [2.05, 4.69) is 22.1 Å². The van der Waals surface area contributed by atoms with Gasteiger partial charge in [0.05, 0.1) is 12.8 Å². The van der Waals surface area contributed by atoms with Gasteiger partial charge in [0.2, 0.25) is 0 Å². The predicted octanol–water partition coefficient (Wildman–Crippen LogP) is 3.49. The zero-order chi connectivity index (χ0) is 17.8. The molecule has 1 aliphatic rings. The molecule has 0 aliphatic carbocycles. The highest BCUT2D eigenvalue weighted by atomic mass is 35.5. The largest absolute Gasteiger partial charge is 0.495 e. The monoisotopic (exact) mass is 360 g/mol. The molecule has 25 heavy (non-hydrogen) atoms. The lowest BCUT2D eigenvalue weighted by molar-refractivity contribution is 0.200. The number of rotatable bonds is 3. The molecule has 1 aliphatic heterocycles. The van der Waals surface area contributed by atoms with Crippen molar-refractivity contribution in [3.8, 4) is 5.75 Å². The van der Waals surface area contributed by atoms with Crippen LogP contribution in [0.5, 0.6) is 5.75 Å². The van der Waals surface area contributed by atoms with Gasteiger partial charge < -0.3 is 19.9 Å². The Morgan fingerprint density at radius 2 is 2.04 bits per heavy atom. The summed E-state index contributed by atoms with van der Waals surface area (Å²) in [6, 6.07) is 9.19. The second-order valence-corrected chi connectivity index (χ2v) is 6.41. The van der Waals surface area contributed by atoms with Crippen molar-refractivity contribution in [3.63, 3.8) is 0 Å². The molecule has 1 aromatic heterocycles. The van der Waals surface area contributed by atoms with Gasteiger partial charge in [0.25, 0.3) is 0 Å². The first-order valence-electron chi connectivity index (χ1n) is 8.14. The molecule has 2 heterocycles. The molecule has 3 rings (SSSR count). The maximum absolute atomic E-state index is 12.6. The van der Waals surface area contributed by atoms with Crippen molar-refractivity contribution in [1.29, 1.82) is 0 Å². The molecule has 132 valence electrons. The van der Waals surface area contributed by atoms with Gasteiger partial charge in [-0.2, -0.15) is 0 Å². The number of urea groups is 1. The van der Waals surface area contributed by atoms with Gasteiger partial charge in [-0.05, 0) is 37.3 Å². The molecular weight excluding hydrogens is 340 g/mol. The molecular formula is C18H21ClN4O2. The number of pyridine rings is 1. The number of hydrogen-bond acceptors (Lipinski definition) is 4. The highest BCUT2D eigenvalue weighted by molar-refractivity contribution is 6.31. The van der Waals surface area contributed by atoms with Crippen molar-refractivity contribution >= 4 is 29.0 Å². The molecule has 1 atom stereocenters. The van der Waals surface area contributed by atoms with Gasteiger partial charge in [0, 0.05) is 48.8 Å². The van der Waals surface area contributed by atoms with Crippen molar-refractivity contribution in [1.82, 2.24) is 9.88 Å². The molecule has 1 fully saturated rings. The Kier molecular flexibility index (Phi) is 5.28. The Balaban J connectivity index is 1.66. The first kappa shape index (κ1) is 17.4. The van der Waals surface area contributed by atoms with Crippen molar-refractivity contribution in [3.05, 3.63) is 47.7 Å². The van der Waals surface area contributed by atoms with Crippen LogP contribution in [0.15, 0.2) is 42.7 Å². The second kappa shape index (κ2) is 7.61. The number of benzene rings is 1.